The summed E-state index contributed by atoms with van der Waals surface area (Å²) < 4.78 is 0. The lowest BCUT2D eigenvalue weighted by Crippen LogP contribution is -2.48. The number of carbonyl (C=O) groups excluding carboxylic acids is 2. The number of nitrogens with one attached hydrogen (secondary N) is 1. The molecule has 1 aromatic carbocycles. The van der Waals surface area contributed by atoms with Gasteiger partial charge in [0.05, 0.1) is 17.8 Å². The Kier molecular flexibility index (Phi) is 4.07. The SMILES string of the molecule is CCC(CC)C(=O)Nc1ccc2c(c1)C(=O)N(C)C1=NCCN12. The molecule has 0 aliphatic carbocycles. The molecular formula is C17H22N4O2. The predicted molar refractivity (Wildman–Crippen MR) is 90.9 cm³/mol. The summed E-state index contributed by atoms with van der Waals surface area (Å²) in [5.74, 6) is 0.628. The highest BCUT2D eigenvalue weighted by Crippen LogP contribution is 2.32. The molecule has 6 nitrogen and oxygen atoms in total. The summed E-state index contributed by atoms with van der Waals surface area (Å²) in [6.07, 6.45) is 1.62. The van der Waals surface area contributed by atoms with Crippen LogP contribution in [0.4, 0.5) is 11.4 Å². The number of rotatable bonds is 4. The molecule has 2 aliphatic heterocycles. The summed E-state index contributed by atoms with van der Waals surface area (Å²) in [7, 11) is 1.73. The average Bonchev–Trinajstić information content (AvgIpc) is 3.03. The first-order chi connectivity index (χ1) is 11.1. The minimum Gasteiger partial charge on any atom is -0.326 e. The van der Waals surface area contributed by atoms with Crippen LogP contribution in [-0.2, 0) is 4.79 Å². The molecule has 0 unspecified atom stereocenters. The van der Waals surface area contributed by atoms with Crippen LogP contribution in [0.1, 0.15) is 37.0 Å². The van der Waals surface area contributed by atoms with E-state index < -0.39 is 0 Å². The van der Waals surface area contributed by atoms with Crippen molar-refractivity contribution in [3.63, 3.8) is 0 Å². The molecule has 2 heterocycles. The number of benzene rings is 1. The Hall–Kier alpha value is -2.37. The van der Waals surface area contributed by atoms with Crippen LogP contribution >= 0.6 is 0 Å². The van der Waals surface area contributed by atoms with E-state index in [2.05, 4.69) is 10.3 Å². The van der Waals surface area contributed by atoms with Crippen LogP contribution < -0.4 is 10.2 Å². The summed E-state index contributed by atoms with van der Waals surface area (Å²) in [4.78, 5) is 32.8. The topological polar surface area (TPSA) is 65.0 Å². The molecule has 0 radical (unpaired) electrons. The largest absolute Gasteiger partial charge is 0.326 e. The van der Waals surface area contributed by atoms with Gasteiger partial charge in [0.2, 0.25) is 11.9 Å². The van der Waals surface area contributed by atoms with E-state index in [-0.39, 0.29) is 17.7 Å². The van der Waals surface area contributed by atoms with Gasteiger partial charge in [0, 0.05) is 25.2 Å². The smallest absolute Gasteiger partial charge is 0.262 e. The lowest BCUT2D eigenvalue weighted by molar-refractivity contribution is -0.120. The van der Waals surface area contributed by atoms with E-state index in [1.54, 1.807) is 18.0 Å². The fourth-order valence-corrected chi connectivity index (χ4v) is 3.15. The van der Waals surface area contributed by atoms with E-state index in [1.165, 1.54) is 0 Å². The molecule has 0 fully saturated rings. The first kappa shape index (κ1) is 15.5. The number of fused-ring (bicyclic) bond motifs is 3. The second kappa shape index (κ2) is 6.02. The Morgan fingerprint density at radius 2 is 2.09 bits per heavy atom. The quantitative estimate of drug-likeness (QED) is 0.927. The van der Waals surface area contributed by atoms with Crippen molar-refractivity contribution in [1.82, 2.24) is 4.90 Å². The highest BCUT2D eigenvalue weighted by Gasteiger charge is 2.35. The second-order valence-electron chi connectivity index (χ2n) is 5.93. The lowest BCUT2D eigenvalue weighted by Gasteiger charge is -2.33. The summed E-state index contributed by atoms with van der Waals surface area (Å²) in [6.45, 7) is 5.49. The lowest BCUT2D eigenvalue weighted by atomic mass is 10.0. The van der Waals surface area contributed by atoms with Gasteiger partial charge < -0.3 is 10.2 Å². The zero-order valence-electron chi connectivity index (χ0n) is 13.8. The number of carbonyl (C=O) groups is 2. The van der Waals surface area contributed by atoms with Gasteiger partial charge in [0.1, 0.15) is 0 Å². The molecule has 0 atom stereocenters. The van der Waals surface area contributed by atoms with Crippen LogP contribution in [-0.4, -0.2) is 42.8 Å². The number of aliphatic imine (C=N–C) groups is 1. The molecule has 122 valence electrons. The Balaban J connectivity index is 1.89. The standard InChI is InChI=1S/C17H22N4O2/c1-4-11(5-2)15(22)19-12-6-7-14-13(10-12)16(23)20(3)17-18-8-9-21(14)17/h6-7,10-11H,4-5,8-9H2,1-3H3,(H,19,22). The van der Waals surface area contributed by atoms with Crippen LogP contribution in [0, 0.1) is 5.92 Å². The van der Waals surface area contributed by atoms with Crippen molar-refractivity contribution < 1.29 is 9.59 Å². The number of nitrogens with zero attached hydrogens (tertiary/aromatic N) is 3. The third-order valence-corrected chi connectivity index (χ3v) is 4.56. The number of guanidine groups is 1. The second-order valence-corrected chi connectivity index (χ2v) is 5.93. The number of hydrogen-bond acceptors (Lipinski definition) is 4. The molecule has 0 saturated heterocycles. The van der Waals surface area contributed by atoms with Gasteiger partial charge in [-0.25, -0.2) is 0 Å². The van der Waals surface area contributed by atoms with E-state index >= 15 is 0 Å². The van der Waals surface area contributed by atoms with E-state index in [4.69, 9.17) is 0 Å². The van der Waals surface area contributed by atoms with E-state index in [1.807, 2.05) is 30.9 Å². The first-order valence-corrected chi connectivity index (χ1v) is 8.11. The molecule has 6 heteroatoms. The van der Waals surface area contributed by atoms with Crippen LogP contribution in [0.5, 0.6) is 0 Å². The van der Waals surface area contributed by atoms with Crippen molar-refractivity contribution in [1.29, 1.82) is 0 Å². The fraction of sp³-hybridized carbons (Fsp3) is 0.471. The van der Waals surface area contributed by atoms with Gasteiger partial charge in [-0.2, -0.15) is 0 Å². The molecule has 23 heavy (non-hydrogen) atoms. The molecule has 2 amide bonds. The van der Waals surface area contributed by atoms with Gasteiger partial charge in [-0.15, -0.1) is 0 Å². The van der Waals surface area contributed by atoms with Gasteiger partial charge in [-0.1, -0.05) is 13.8 Å². The van der Waals surface area contributed by atoms with Crippen molar-refractivity contribution in [2.24, 2.45) is 10.9 Å². The molecule has 1 aromatic rings. The maximum Gasteiger partial charge on any atom is 0.262 e. The van der Waals surface area contributed by atoms with Crippen LogP contribution in [0.15, 0.2) is 23.2 Å². The molecule has 0 bridgehead atoms. The van der Waals surface area contributed by atoms with Gasteiger partial charge >= 0.3 is 0 Å². The van der Waals surface area contributed by atoms with Crippen LogP contribution in [0.25, 0.3) is 0 Å². The van der Waals surface area contributed by atoms with E-state index in [0.29, 0.717) is 23.8 Å². The Morgan fingerprint density at radius 3 is 2.78 bits per heavy atom. The maximum atomic E-state index is 12.5. The Morgan fingerprint density at radius 1 is 1.35 bits per heavy atom. The zero-order chi connectivity index (χ0) is 16.6. The van der Waals surface area contributed by atoms with E-state index in [9.17, 15) is 9.59 Å². The van der Waals surface area contributed by atoms with Crippen molar-refractivity contribution in [2.75, 3.05) is 30.4 Å². The molecule has 0 spiro atoms. The molecule has 0 aromatic heterocycles. The number of anilines is 2. The highest BCUT2D eigenvalue weighted by atomic mass is 16.2. The molecule has 0 saturated carbocycles. The monoisotopic (exact) mass is 314 g/mol. The Labute approximate surface area is 136 Å². The molecule has 2 aliphatic rings. The summed E-state index contributed by atoms with van der Waals surface area (Å²) in [6, 6.07) is 5.51. The van der Waals surface area contributed by atoms with Crippen LogP contribution in [0.2, 0.25) is 0 Å². The van der Waals surface area contributed by atoms with Crippen molar-refractivity contribution in [2.45, 2.75) is 26.7 Å². The van der Waals surface area contributed by atoms with Gasteiger partial charge in [-0.05, 0) is 31.0 Å². The van der Waals surface area contributed by atoms with Gasteiger partial charge in [0.15, 0.2) is 0 Å². The summed E-state index contributed by atoms with van der Waals surface area (Å²) >= 11 is 0. The number of hydrogen-bond donors (Lipinski definition) is 1. The average molecular weight is 314 g/mol. The molecule has 3 rings (SSSR count). The third kappa shape index (κ3) is 2.58. The first-order valence-electron chi connectivity index (χ1n) is 8.11. The molecular weight excluding hydrogens is 292 g/mol. The number of amides is 2. The minimum absolute atomic E-state index is 0.00160. The Bertz CT molecular complexity index is 679. The maximum absolute atomic E-state index is 12.5. The summed E-state index contributed by atoms with van der Waals surface area (Å²) in [5, 5.41) is 2.93. The third-order valence-electron chi connectivity index (χ3n) is 4.56. The normalized spacial score (nSPS) is 16.3. The van der Waals surface area contributed by atoms with Crippen LogP contribution in [0.3, 0.4) is 0 Å². The molecule has 1 N–H and O–H groups in total. The van der Waals surface area contributed by atoms with Crippen molar-refractivity contribution >= 4 is 29.1 Å². The highest BCUT2D eigenvalue weighted by molar-refractivity contribution is 6.19. The predicted octanol–water partition coefficient (Wildman–Crippen LogP) is 2.32. The van der Waals surface area contributed by atoms with Crippen molar-refractivity contribution in [3.05, 3.63) is 23.8 Å². The zero-order valence-corrected chi connectivity index (χ0v) is 13.8. The minimum atomic E-state index is -0.0875. The van der Waals surface area contributed by atoms with Gasteiger partial charge in [0.25, 0.3) is 5.91 Å². The van der Waals surface area contributed by atoms with E-state index in [0.717, 1.165) is 25.1 Å². The summed E-state index contributed by atoms with van der Waals surface area (Å²) in [5.41, 5.74) is 2.14. The van der Waals surface area contributed by atoms with Gasteiger partial charge in [-0.3, -0.25) is 19.5 Å². The van der Waals surface area contributed by atoms with Crippen molar-refractivity contribution in [3.8, 4) is 0 Å². The fourth-order valence-electron chi connectivity index (χ4n) is 3.15.